The summed E-state index contributed by atoms with van der Waals surface area (Å²) in [6.45, 7) is 3.27. The van der Waals surface area contributed by atoms with Crippen LogP contribution in [0.4, 0.5) is 5.95 Å². The molecule has 0 radical (unpaired) electrons. The summed E-state index contributed by atoms with van der Waals surface area (Å²) in [5.74, 6) is 2.00. The van der Waals surface area contributed by atoms with Crippen molar-refractivity contribution in [2.45, 2.75) is 77.3 Å². The van der Waals surface area contributed by atoms with Gasteiger partial charge in [0.1, 0.15) is 0 Å². The third kappa shape index (κ3) is 3.31. The molecular weight excluding hydrogens is 234 g/mol. The van der Waals surface area contributed by atoms with Gasteiger partial charge in [0.25, 0.3) is 0 Å². The summed E-state index contributed by atoms with van der Waals surface area (Å²) in [4.78, 5) is 4.70. The van der Waals surface area contributed by atoms with Crippen LogP contribution in [0.25, 0.3) is 0 Å². The van der Waals surface area contributed by atoms with Crippen molar-refractivity contribution < 1.29 is 0 Å². The van der Waals surface area contributed by atoms with Crippen LogP contribution in [-0.2, 0) is 6.54 Å². The number of hydrogen-bond donors (Lipinski definition) is 1. The lowest BCUT2D eigenvalue weighted by atomic mass is 9.96. The summed E-state index contributed by atoms with van der Waals surface area (Å²) < 4.78 is 2.37. The van der Waals surface area contributed by atoms with Gasteiger partial charge in [-0.05, 0) is 38.5 Å². The van der Waals surface area contributed by atoms with Crippen molar-refractivity contribution in [1.29, 1.82) is 0 Å². The monoisotopic (exact) mass is 261 g/mol. The van der Waals surface area contributed by atoms with E-state index in [0.29, 0.717) is 6.04 Å². The van der Waals surface area contributed by atoms with Gasteiger partial charge >= 0.3 is 0 Å². The number of nitrogens with zero attached hydrogens (tertiary/aromatic N) is 2. The lowest BCUT2D eigenvalue weighted by Crippen LogP contribution is -2.24. The normalized spacial score (nSPS) is 21.9. The largest absolute Gasteiger partial charge is 0.353 e. The Balaban J connectivity index is 1.65. The highest BCUT2D eigenvalue weighted by Gasteiger charge is 2.19. The first-order chi connectivity index (χ1) is 9.31. The van der Waals surface area contributed by atoms with E-state index >= 15 is 0 Å². The van der Waals surface area contributed by atoms with Crippen molar-refractivity contribution in [2.75, 3.05) is 5.32 Å². The van der Waals surface area contributed by atoms with Crippen LogP contribution in [0.3, 0.4) is 0 Å². The number of rotatable bonds is 4. The zero-order valence-electron chi connectivity index (χ0n) is 12.2. The Hall–Kier alpha value is -0.990. The fourth-order valence-corrected chi connectivity index (χ4v) is 3.70. The highest BCUT2D eigenvalue weighted by atomic mass is 15.2. The van der Waals surface area contributed by atoms with Crippen LogP contribution in [0.5, 0.6) is 0 Å². The quantitative estimate of drug-likeness (QED) is 0.883. The summed E-state index contributed by atoms with van der Waals surface area (Å²) in [5.41, 5.74) is 1.15. The fraction of sp³-hybridized carbons (Fsp3) is 0.812. The summed E-state index contributed by atoms with van der Waals surface area (Å²) in [6, 6.07) is 0.651. The van der Waals surface area contributed by atoms with Gasteiger partial charge in [0, 0.05) is 18.8 Å². The zero-order valence-corrected chi connectivity index (χ0v) is 12.2. The topological polar surface area (TPSA) is 29.9 Å². The van der Waals surface area contributed by atoms with E-state index in [9.17, 15) is 0 Å². The minimum absolute atomic E-state index is 0.651. The molecule has 0 atom stereocenters. The second-order valence-corrected chi connectivity index (χ2v) is 6.49. The van der Waals surface area contributed by atoms with E-state index in [0.717, 1.165) is 24.1 Å². The molecule has 1 aromatic rings. The molecule has 0 saturated heterocycles. The molecule has 2 fully saturated rings. The predicted octanol–water partition coefficient (Wildman–Crippen LogP) is 4.13. The van der Waals surface area contributed by atoms with Crippen molar-refractivity contribution in [2.24, 2.45) is 5.92 Å². The SMILES string of the molecule is Cc1cn(CC2CCCC2)c(NC2CCCCC2)n1. The van der Waals surface area contributed by atoms with Crippen LogP contribution < -0.4 is 5.32 Å². The van der Waals surface area contributed by atoms with Gasteiger partial charge in [-0.1, -0.05) is 32.1 Å². The van der Waals surface area contributed by atoms with Gasteiger partial charge in [-0.15, -0.1) is 0 Å². The molecule has 3 rings (SSSR count). The molecule has 3 nitrogen and oxygen atoms in total. The summed E-state index contributed by atoms with van der Waals surface area (Å²) in [6.07, 6.45) is 14.7. The Morgan fingerprint density at radius 2 is 1.79 bits per heavy atom. The molecule has 0 amide bonds. The van der Waals surface area contributed by atoms with Crippen LogP contribution in [0.1, 0.15) is 63.5 Å². The van der Waals surface area contributed by atoms with Crippen molar-refractivity contribution >= 4 is 5.95 Å². The maximum absolute atomic E-state index is 4.70. The zero-order chi connectivity index (χ0) is 13.1. The number of aryl methyl sites for hydroxylation is 1. The highest BCUT2D eigenvalue weighted by molar-refractivity contribution is 5.30. The van der Waals surface area contributed by atoms with E-state index in [1.807, 2.05) is 0 Å². The second kappa shape index (κ2) is 5.98. The molecule has 0 unspecified atom stereocenters. The Labute approximate surface area is 116 Å². The second-order valence-electron chi connectivity index (χ2n) is 6.49. The smallest absolute Gasteiger partial charge is 0.203 e. The van der Waals surface area contributed by atoms with Crippen molar-refractivity contribution in [3.63, 3.8) is 0 Å². The number of anilines is 1. The number of imidazole rings is 1. The standard InChI is InChI=1S/C16H27N3/c1-13-11-19(12-14-7-5-6-8-14)16(17-13)18-15-9-3-2-4-10-15/h11,14-15H,2-10,12H2,1H3,(H,17,18). The molecule has 106 valence electrons. The number of aromatic nitrogens is 2. The molecule has 3 heteroatoms. The maximum Gasteiger partial charge on any atom is 0.203 e. The predicted molar refractivity (Wildman–Crippen MR) is 79.4 cm³/mol. The highest BCUT2D eigenvalue weighted by Crippen LogP contribution is 2.28. The molecule has 2 aliphatic rings. The van der Waals surface area contributed by atoms with E-state index in [1.165, 1.54) is 57.8 Å². The molecule has 0 aromatic carbocycles. The third-order valence-electron chi connectivity index (χ3n) is 4.77. The molecule has 0 spiro atoms. The van der Waals surface area contributed by atoms with Crippen LogP contribution in [0.15, 0.2) is 6.20 Å². The fourth-order valence-electron chi connectivity index (χ4n) is 3.70. The summed E-state index contributed by atoms with van der Waals surface area (Å²) in [5, 5.41) is 3.70. The van der Waals surface area contributed by atoms with Crippen molar-refractivity contribution in [1.82, 2.24) is 9.55 Å². The Morgan fingerprint density at radius 1 is 1.11 bits per heavy atom. The molecule has 2 aliphatic carbocycles. The van der Waals surface area contributed by atoms with Crippen LogP contribution in [0, 0.1) is 12.8 Å². The van der Waals surface area contributed by atoms with Crippen LogP contribution in [0.2, 0.25) is 0 Å². The number of nitrogens with one attached hydrogen (secondary N) is 1. The van der Waals surface area contributed by atoms with Gasteiger partial charge in [0.05, 0.1) is 5.69 Å². The molecule has 0 aliphatic heterocycles. The molecule has 0 bridgehead atoms. The van der Waals surface area contributed by atoms with E-state index in [4.69, 9.17) is 4.98 Å². The molecule has 19 heavy (non-hydrogen) atoms. The maximum atomic E-state index is 4.70. The summed E-state index contributed by atoms with van der Waals surface area (Å²) in [7, 11) is 0. The van der Waals surface area contributed by atoms with E-state index < -0.39 is 0 Å². The molecule has 1 heterocycles. The average Bonchev–Trinajstić information content (AvgIpc) is 3.02. The minimum Gasteiger partial charge on any atom is -0.353 e. The first kappa shape index (κ1) is 13.0. The third-order valence-corrected chi connectivity index (χ3v) is 4.77. The Bertz CT molecular complexity index is 398. The molecular formula is C16H27N3. The molecule has 1 N–H and O–H groups in total. The van der Waals surface area contributed by atoms with Gasteiger partial charge < -0.3 is 9.88 Å². The minimum atomic E-state index is 0.651. The van der Waals surface area contributed by atoms with E-state index in [2.05, 4.69) is 23.0 Å². The lowest BCUT2D eigenvalue weighted by Gasteiger charge is -2.24. The van der Waals surface area contributed by atoms with Gasteiger partial charge in [0.15, 0.2) is 0 Å². The molecule has 1 aromatic heterocycles. The average molecular weight is 261 g/mol. The summed E-state index contributed by atoms with van der Waals surface area (Å²) >= 11 is 0. The number of hydrogen-bond acceptors (Lipinski definition) is 2. The Morgan fingerprint density at radius 3 is 2.53 bits per heavy atom. The van der Waals surface area contributed by atoms with Crippen molar-refractivity contribution in [3.8, 4) is 0 Å². The van der Waals surface area contributed by atoms with Gasteiger partial charge in [-0.3, -0.25) is 0 Å². The van der Waals surface area contributed by atoms with E-state index in [-0.39, 0.29) is 0 Å². The van der Waals surface area contributed by atoms with Gasteiger partial charge in [0.2, 0.25) is 5.95 Å². The first-order valence-corrected chi connectivity index (χ1v) is 8.11. The van der Waals surface area contributed by atoms with Gasteiger partial charge in [-0.2, -0.15) is 0 Å². The van der Waals surface area contributed by atoms with Crippen LogP contribution in [-0.4, -0.2) is 15.6 Å². The first-order valence-electron chi connectivity index (χ1n) is 8.11. The van der Waals surface area contributed by atoms with Crippen LogP contribution >= 0.6 is 0 Å². The van der Waals surface area contributed by atoms with Crippen molar-refractivity contribution in [3.05, 3.63) is 11.9 Å². The van der Waals surface area contributed by atoms with Gasteiger partial charge in [-0.25, -0.2) is 4.98 Å². The lowest BCUT2D eigenvalue weighted by molar-refractivity contribution is 0.442. The van der Waals surface area contributed by atoms with E-state index in [1.54, 1.807) is 0 Å². The molecule has 2 saturated carbocycles. The Kier molecular flexibility index (Phi) is 4.09.